The van der Waals surface area contributed by atoms with Crippen molar-refractivity contribution in [3.63, 3.8) is 0 Å². The van der Waals surface area contributed by atoms with Crippen molar-refractivity contribution in [2.24, 2.45) is 10.2 Å². The minimum Gasteiger partial charge on any atom is -0.870 e. The van der Waals surface area contributed by atoms with Crippen LogP contribution in [0.4, 0.5) is 17.1 Å². The number of benzene rings is 4. The summed E-state index contributed by atoms with van der Waals surface area (Å²) in [7, 11) is -3.21. The van der Waals surface area contributed by atoms with Gasteiger partial charge in [0.2, 0.25) is 0 Å². The second-order valence-electron chi connectivity index (χ2n) is 8.00. The Labute approximate surface area is 256 Å². The van der Waals surface area contributed by atoms with E-state index in [0.717, 1.165) is 0 Å². The number of ether oxygens (including phenoxy) is 1. The standard InChI is InChI=1S/C26H21Cl2N3O6S.Na/c1-3-15-19(12-11-18(27)25(15)38(34,35)36)30-31-23-16-8-5-4-7-14(16)13-17(24(23)32)26(33)29-20-9-6-10-21(37-2)22(20)28;/h4-13,32H,3H2,1-2H3,(H,29,33)(H,34,35,36);/q;+1/p-1. The summed E-state index contributed by atoms with van der Waals surface area (Å²) < 4.78 is 38.6. The number of azo groups is 1. The summed E-state index contributed by atoms with van der Waals surface area (Å²) in [5.41, 5.74) is 0.128. The molecular formula is C26H20Cl2N3NaO6S. The summed E-state index contributed by atoms with van der Waals surface area (Å²) in [6.45, 7) is 1.66. The molecular weight excluding hydrogens is 576 g/mol. The normalized spacial score (nSPS) is 11.4. The SMILES string of the molecule is CCc1c(N=Nc2c([O-])c(C(=O)Nc3cccc(OC)c3Cl)cc3ccccc23)ccc(Cl)c1S(=O)(=O)O.[Na+]. The molecule has 0 radical (unpaired) electrons. The van der Waals surface area contributed by atoms with Gasteiger partial charge >= 0.3 is 29.6 Å². The van der Waals surface area contributed by atoms with Gasteiger partial charge < -0.3 is 15.2 Å². The Kier molecular flexibility index (Phi) is 10.0. The van der Waals surface area contributed by atoms with Crippen molar-refractivity contribution in [1.29, 1.82) is 0 Å². The third-order valence-corrected chi connectivity index (χ3v) is 7.51. The van der Waals surface area contributed by atoms with Crippen LogP contribution in [-0.2, 0) is 16.5 Å². The van der Waals surface area contributed by atoms with E-state index in [1.807, 2.05) is 0 Å². The molecule has 196 valence electrons. The van der Waals surface area contributed by atoms with E-state index in [9.17, 15) is 22.9 Å². The van der Waals surface area contributed by atoms with E-state index in [2.05, 4.69) is 15.5 Å². The van der Waals surface area contributed by atoms with Crippen LogP contribution in [0.3, 0.4) is 0 Å². The van der Waals surface area contributed by atoms with Gasteiger partial charge in [0.15, 0.2) is 0 Å². The van der Waals surface area contributed by atoms with Crippen molar-refractivity contribution in [3.05, 3.63) is 81.8 Å². The molecule has 4 aromatic rings. The average molecular weight is 596 g/mol. The van der Waals surface area contributed by atoms with Crippen LogP contribution in [-0.4, -0.2) is 26.0 Å². The zero-order chi connectivity index (χ0) is 27.6. The van der Waals surface area contributed by atoms with Crippen LogP contribution < -0.4 is 44.7 Å². The second-order valence-corrected chi connectivity index (χ2v) is 10.1. The fourth-order valence-corrected chi connectivity index (χ4v) is 5.53. The molecule has 0 heterocycles. The van der Waals surface area contributed by atoms with Crippen molar-refractivity contribution in [3.8, 4) is 11.5 Å². The molecule has 0 aliphatic carbocycles. The van der Waals surface area contributed by atoms with Crippen LogP contribution in [0.2, 0.25) is 10.0 Å². The first-order valence-electron chi connectivity index (χ1n) is 11.1. The van der Waals surface area contributed by atoms with Gasteiger partial charge in [-0.25, -0.2) is 0 Å². The number of amides is 1. The van der Waals surface area contributed by atoms with Crippen LogP contribution in [0, 0.1) is 0 Å². The summed E-state index contributed by atoms with van der Waals surface area (Å²) in [6.07, 6.45) is 0.152. The van der Waals surface area contributed by atoms with Gasteiger partial charge in [0.25, 0.3) is 16.0 Å². The predicted molar refractivity (Wildman–Crippen MR) is 144 cm³/mol. The Morgan fingerprint density at radius 3 is 2.46 bits per heavy atom. The number of fused-ring (bicyclic) bond motifs is 1. The van der Waals surface area contributed by atoms with Gasteiger partial charge in [-0.1, -0.05) is 66.2 Å². The first-order valence-corrected chi connectivity index (χ1v) is 13.3. The maximum absolute atomic E-state index is 13.4. The molecule has 0 atom stereocenters. The summed E-state index contributed by atoms with van der Waals surface area (Å²) >= 11 is 12.3. The zero-order valence-electron chi connectivity index (χ0n) is 21.0. The molecule has 4 rings (SSSR count). The molecule has 0 aromatic heterocycles. The molecule has 4 aromatic carbocycles. The maximum Gasteiger partial charge on any atom is 1.00 e. The molecule has 0 aliphatic rings. The van der Waals surface area contributed by atoms with Crippen LogP contribution >= 0.6 is 23.2 Å². The smallest absolute Gasteiger partial charge is 0.870 e. The topological polar surface area (TPSA) is 140 Å². The minimum atomic E-state index is -4.65. The number of carbonyl (C=O) groups is 1. The van der Waals surface area contributed by atoms with E-state index in [1.165, 1.54) is 25.3 Å². The first kappa shape index (κ1) is 30.8. The monoisotopic (exact) mass is 595 g/mol. The number of methoxy groups -OCH3 is 1. The number of halogens is 2. The summed E-state index contributed by atoms with van der Waals surface area (Å²) in [5, 5.41) is 25.3. The summed E-state index contributed by atoms with van der Waals surface area (Å²) in [4.78, 5) is 12.7. The van der Waals surface area contributed by atoms with Crippen LogP contribution in [0.1, 0.15) is 22.8 Å². The quantitative estimate of drug-likeness (QED) is 0.189. The number of hydrogen-bond acceptors (Lipinski definition) is 7. The molecule has 2 N–H and O–H groups in total. The fraction of sp³-hybridized carbons (Fsp3) is 0.115. The van der Waals surface area contributed by atoms with Crippen molar-refractivity contribution in [1.82, 2.24) is 0 Å². The number of nitrogens with one attached hydrogen (secondary N) is 1. The summed E-state index contributed by atoms with van der Waals surface area (Å²) in [5.74, 6) is -1.08. The number of nitrogens with zero attached hydrogens (tertiary/aromatic N) is 2. The molecule has 13 heteroatoms. The number of carbonyl (C=O) groups excluding carboxylic acids is 1. The number of anilines is 1. The van der Waals surface area contributed by atoms with Gasteiger partial charge in [0, 0.05) is 16.5 Å². The van der Waals surface area contributed by atoms with Crippen LogP contribution in [0.25, 0.3) is 10.8 Å². The minimum absolute atomic E-state index is 0. The third-order valence-electron chi connectivity index (χ3n) is 5.71. The molecule has 0 bridgehead atoms. The molecule has 9 nitrogen and oxygen atoms in total. The van der Waals surface area contributed by atoms with Crippen molar-refractivity contribution < 1.29 is 57.2 Å². The fourth-order valence-electron chi connectivity index (χ4n) is 3.94. The Hall–Kier alpha value is -2.70. The van der Waals surface area contributed by atoms with E-state index in [-0.39, 0.29) is 74.2 Å². The van der Waals surface area contributed by atoms with Gasteiger partial charge in [0.05, 0.1) is 29.2 Å². The third kappa shape index (κ3) is 6.38. The molecule has 0 saturated heterocycles. The summed E-state index contributed by atoms with van der Waals surface area (Å²) in [6, 6.07) is 15.7. The Morgan fingerprint density at radius 1 is 1.08 bits per heavy atom. The van der Waals surface area contributed by atoms with Crippen molar-refractivity contribution >= 4 is 67.1 Å². The van der Waals surface area contributed by atoms with Crippen LogP contribution in [0.15, 0.2) is 75.8 Å². The first-order chi connectivity index (χ1) is 18.1. The van der Waals surface area contributed by atoms with Crippen molar-refractivity contribution in [2.45, 2.75) is 18.2 Å². The van der Waals surface area contributed by atoms with Gasteiger partial charge in [-0.3, -0.25) is 9.35 Å². The molecule has 0 saturated carbocycles. The Balaban J connectivity index is 0.00000420. The molecule has 0 aliphatic heterocycles. The van der Waals surface area contributed by atoms with Gasteiger partial charge in [-0.2, -0.15) is 18.6 Å². The average Bonchev–Trinajstić information content (AvgIpc) is 2.88. The Morgan fingerprint density at radius 2 is 1.79 bits per heavy atom. The van der Waals surface area contributed by atoms with E-state index in [1.54, 1.807) is 49.4 Å². The number of rotatable bonds is 7. The van der Waals surface area contributed by atoms with Gasteiger partial charge in [-0.05, 0) is 42.1 Å². The van der Waals surface area contributed by atoms with Crippen LogP contribution in [0.5, 0.6) is 11.5 Å². The molecule has 1 amide bonds. The van der Waals surface area contributed by atoms with E-state index in [4.69, 9.17) is 27.9 Å². The maximum atomic E-state index is 13.4. The van der Waals surface area contributed by atoms with Crippen molar-refractivity contribution in [2.75, 3.05) is 12.4 Å². The van der Waals surface area contributed by atoms with Gasteiger partial charge in [0.1, 0.15) is 15.7 Å². The van der Waals surface area contributed by atoms with E-state index < -0.39 is 26.7 Å². The Bertz CT molecular complexity index is 1710. The zero-order valence-corrected chi connectivity index (χ0v) is 25.4. The van der Waals surface area contributed by atoms with E-state index in [0.29, 0.717) is 16.5 Å². The van der Waals surface area contributed by atoms with E-state index >= 15 is 0 Å². The molecule has 0 unspecified atom stereocenters. The second kappa shape index (κ2) is 12.6. The largest absolute Gasteiger partial charge is 1.00 e. The molecule has 0 spiro atoms. The predicted octanol–water partition coefficient (Wildman–Crippen LogP) is 3.71. The molecule has 39 heavy (non-hydrogen) atoms. The van der Waals surface area contributed by atoms with Gasteiger partial charge in [-0.15, -0.1) is 0 Å². The number of hydrogen-bond donors (Lipinski definition) is 2. The molecule has 0 fully saturated rings.